The molecule has 3 rings (SSSR count). The van der Waals surface area contributed by atoms with Crippen LogP contribution in [0.4, 0.5) is 4.39 Å². The van der Waals surface area contributed by atoms with Gasteiger partial charge in [0, 0.05) is 0 Å². The lowest BCUT2D eigenvalue weighted by Gasteiger charge is -2.15. The zero-order chi connectivity index (χ0) is 19.6. The normalized spacial score (nSPS) is 15.1. The van der Waals surface area contributed by atoms with E-state index in [4.69, 9.17) is 14.2 Å². The van der Waals surface area contributed by atoms with E-state index in [9.17, 15) is 9.18 Å². The van der Waals surface area contributed by atoms with E-state index in [1.165, 1.54) is 12.1 Å². The Morgan fingerprint density at radius 2 is 2.00 bits per heavy atom. The fourth-order valence-corrected chi connectivity index (χ4v) is 3.24. The van der Waals surface area contributed by atoms with E-state index in [2.05, 4.69) is 27.6 Å². The Morgan fingerprint density at radius 1 is 1.26 bits per heavy atom. The monoisotopic (exact) mass is 481 g/mol. The molecule has 0 atom stereocenters. The molecular formula is C20H17FINO4. The highest BCUT2D eigenvalue weighted by Gasteiger charge is 2.26. The van der Waals surface area contributed by atoms with Gasteiger partial charge in [0.2, 0.25) is 5.90 Å². The van der Waals surface area contributed by atoms with Gasteiger partial charge < -0.3 is 14.2 Å². The number of benzene rings is 2. The Labute approximate surface area is 170 Å². The van der Waals surface area contributed by atoms with Crippen LogP contribution in [-0.2, 0) is 9.53 Å². The second kappa shape index (κ2) is 8.08. The zero-order valence-corrected chi connectivity index (χ0v) is 17.1. The summed E-state index contributed by atoms with van der Waals surface area (Å²) in [6.45, 7) is 3.86. The van der Waals surface area contributed by atoms with Crippen LogP contribution in [0.1, 0.15) is 25.0 Å². The summed E-state index contributed by atoms with van der Waals surface area (Å²) >= 11 is 2.14. The minimum atomic E-state index is -0.635. The van der Waals surface area contributed by atoms with Gasteiger partial charge in [-0.1, -0.05) is 12.1 Å². The van der Waals surface area contributed by atoms with Crippen LogP contribution in [0.2, 0.25) is 0 Å². The van der Waals surface area contributed by atoms with E-state index < -0.39 is 11.8 Å². The average molecular weight is 481 g/mol. The molecule has 0 amide bonds. The highest BCUT2D eigenvalue weighted by molar-refractivity contribution is 14.1. The first-order valence-corrected chi connectivity index (χ1v) is 9.28. The first-order chi connectivity index (χ1) is 12.9. The number of methoxy groups -OCH3 is 1. The molecule has 0 saturated carbocycles. The number of halogens is 2. The molecule has 0 radical (unpaired) electrons. The van der Waals surface area contributed by atoms with Crippen LogP contribution >= 0.6 is 22.6 Å². The van der Waals surface area contributed by atoms with Crippen molar-refractivity contribution < 1.29 is 23.4 Å². The van der Waals surface area contributed by atoms with Crippen molar-refractivity contribution in [3.63, 3.8) is 0 Å². The lowest BCUT2D eigenvalue weighted by atomic mass is 10.1. The largest absolute Gasteiger partial charge is 0.493 e. The van der Waals surface area contributed by atoms with Gasteiger partial charge in [-0.15, -0.1) is 0 Å². The smallest absolute Gasteiger partial charge is 0.363 e. The third kappa shape index (κ3) is 4.29. The van der Waals surface area contributed by atoms with E-state index in [1.807, 2.05) is 19.9 Å². The summed E-state index contributed by atoms with van der Waals surface area (Å²) in [7, 11) is 1.55. The summed E-state index contributed by atoms with van der Waals surface area (Å²) in [5.74, 6) is -0.000806. The summed E-state index contributed by atoms with van der Waals surface area (Å²) in [6.07, 6.45) is 1.56. The maximum atomic E-state index is 13.9. The van der Waals surface area contributed by atoms with Crippen LogP contribution in [0.15, 0.2) is 47.1 Å². The molecule has 0 aliphatic carbocycles. The van der Waals surface area contributed by atoms with Crippen molar-refractivity contribution in [2.75, 3.05) is 7.11 Å². The molecule has 0 N–H and O–H groups in total. The number of nitrogens with zero attached hydrogens (tertiary/aromatic N) is 1. The Balaban J connectivity index is 1.98. The molecule has 0 saturated heterocycles. The first kappa shape index (κ1) is 19.3. The van der Waals surface area contributed by atoms with Crippen molar-refractivity contribution in [1.82, 2.24) is 0 Å². The number of aliphatic imine (C=N–C) groups is 1. The fraction of sp³-hybridized carbons (Fsp3) is 0.200. The van der Waals surface area contributed by atoms with Crippen molar-refractivity contribution in [2.24, 2.45) is 4.99 Å². The molecule has 0 bridgehead atoms. The molecule has 27 heavy (non-hydrogen) atoms. The molecule has 7 heteroatoms. The van der Waals surface area contributed by atoms with Crippen molar-refractivity contribution in [3.05, 3.63) is 62.6 Å². The predicted molar refractivity (Wildman–Crippen MR) is 108 cm³/mol. The first-order valence-electron chi connectivity index (χ1n) is 8.20. The molecule has 0 unspecified atom stereocenters. The maximum Gasteiger partial charge on any atom is 0.363 e. The Morgan fingerprint density at radius 3 is 2.67 bits per heavy atom. The maximum absolute atomic E-state index is 13.9. The Kier molecular flexibility index (Phi) is 5.79. The topological polar surface area (TPSA) is 57.1 Å². The number of hydrogen-bond acceptors (Lipinski definition) is 5. The van der Waals surface area contributed by atoms with Gasteiger partial charge in [-0.05, 0) is 72.3 Å². The van der Waals surface area contributed by atoms with Gasteiger partial charge in [0.05, 0.1) is 22.3 Å². The van der Waals surface area contributed by atoms with Gasteiger partial charge in [-0.2, -0.15) is 0 Å². The number of carbonyl (C=O) groups is 1. The minimum absolute atomic E-state index is 0.00522. The minimum Gasteiger partial charge on any atom is -0.493 e. The Hall–Kier alpha value is -2.42. The molecule has 1 aliphatic rings. The van der Waals surface area contributed by atoms with Crippen LogP contribution in [0.5, 0.6) is 11.5 Å². The van der Waals surface area contributed by atoms with Gasteiger partial charge >= 0.3 is 5.97 Å². The van der Waals surface area contributed by atoms with Crippen LogP contribution < -0.4 is 9.47 Å². The molecule has 0 spiro atoms. The molecule has 140 valence electrons. The lowest BCUT2D eigenvalue weighted by molar-refractivity contribution is -0.129. The standard InChI is InChI=1S/C20H17FINO4/c1-11(2)26-18-15(22)8-12(10-17(18)25-3)9-16-20(24)27-19(23-16)13-6-4-5-7-14(13)21/h4-11H,1-3H3/b16-9+. The van der Waals surface area contributed by atoms with E-state index in [1.54, 1.807) is 31.4 Å². The van der Waals surface area contributed by atoms with Crippen molar-refractivity contribution >= 4 is 40.5 Å². The SMILES string of the molecule is COc1cc(/C=C2/N=C(c3ccccc3F)OC2=O)cc(I)c1OC(C)C. The van der Waals surface area contributed by atoms with Gasteiger partial charge in [0.15, 0.2) is 17.2 Å². The lowest BCUT2D eigenvalue weighted by Crippen LogP contribution is -2.08. The fourth-order valence-electron chi connectivity index (χ4n) is 2.49. The molecule has 0 aromatic heterocycles. The van der Waals surface area contributed by atoms with Crippen molar-refractivity contribution in [1.29, 1.82) is 0 Å². The van der Waals surface area contributed by atoms with E-state index in [0.717, 1.165) is 3.57 Å². The average Bonchev–Trinajstić information content (AvgIpc) is 2.97. The quantitative estimate of drug-likeness (QED) is 0.357. The van der Waals surface area contributed by atoms with E-state index in [-0.39, 0.29) is 23.3 Å². The van der Waals surface area contributed by atoms with Crippen molar-refractivity contribution in [3.8, 4) is 11.5 Å². The van der Waals surface area contributed by atoms with Gasteiger partial charge in [-0.3, -0.25) is 0 Å². The van der Waals surface area contributed by atoms with E-state index >= 15 is 0 Å². The highest BCUT2D eigenvalue weighted by Crippen LogP contribution is 2.35. The highest BCUT2D eigenvalue weighted by atomic mass is 127. The number of ether oxygens (including phenoxy) is 3. The summed E-state index contributed by atoms with van der Waals surface area (Å²) in [5, 5.41) is 0. The van der Waals surface area contributed by atoms with Gasteiger partial charge in [-0.25, -0.2) is 14.2 Å². The summed E-state index contributed by atoms with van der Waals surface area (Å²) in [4.78, 5) is 16.3. The molecule has 2 aromatic rings. The number of rotatable bonds is 5. The number of cyclic esters (lactones) is 1. The number of esters is 1. The van der Waals surface area contributed by atoms with E-state index in [0.29, 0.717) is 17.1 Å². The summed E-state index contributed by atoms with van der Waals surface area (Å²) in [5.41, 5.74) is 0.920. The van der Waals surface area contributed by atoms with Crippen LogP contribution in [-0.4, -0.2) is 25.1 Å². The number of hydrogen-bond donors (Lipinski definition) is 0. The molecular weight excluding hydrogens is 464 g/mol. The van der Waals surface area contributed by atoms with Gasteiger partial charge in [0.1, 0.15) is 5.82 Å². The molecule has 0 fully saturated rings. The van der Waals surface area contributed by atoms with Gasteiger partial charge in [0.25, 0.3) is 0 Å². The third-order valence-corrected chi connectivity index (χ3v) is 4.43. The Bertz CT molecular complexity index is 953. The molecule has 2 aromatic carbocycles. The molecule has 1 heterocycles. The van der Waals surface area contributed by atoms with Crippen LogP contribution in [0, 0.1) is 9.39 Å². The second-order valence-corrected chi connectivity index (χ2v) is 7.18. The molecule has 5 nitrogen and oxygen atoms in total. The van der Waals surface area contributed by atoms with Crippen LogP contribution in [0.3, 0.4) is 0 Å². The summed E-state index contributed by atoms with van der Waals surface area (Å²) < 4.78 is 31.0. The number of carbonyl (C=O) groups excluding carboxylic acids is 1. The predicted octanol–water partition coefficient (Wildman–Crippen LogP) is 4.57. The zero-order valence-electron chi connectivity index (χ0n) is 15.0. The van der Waals surface area contributed by atoms with Crippen LogP contribution in [0.25, 0.3) is 6.08 Å². The second-order valence-electron chi connectivity index (χ2n) is 6.02. The third-order valence-electron chi connectivity index (χ3n) is 3.63. The summed E-state index contributed by atoms with van der Waals surface area (Å²) in [6, 6.07) is 9.59. The van der Waals surface area contributed by atoms with Crippen molar-refractivity contribution in [2.45, 2.75) is 20.0 Å². The molecule has 1 aliphatic heterocycles.